The standard InChI is InChI=1S/C8H7FN2/c1-2-6-3-7(9)8(4-10)11-5-6/h3,5H,2H2,1H3. The van der Waals surface area contributed by atoms with Gasteiger partial charge in [0.2, 0.25) is 0 Å². The molecule has 0 fully saturated rings. The molecule has 0 N–H and O–H groups in total. The van der Waals surface area contributed by atoms with E-state index < -0.39 is 5.82 Å². The molecule has 1 aromatic rings. The lowest BCUT2D eigenvalue weighted by Crippen LogP contribution is -1.91. The molecular formula is C8H7FN2. The molecule has 1 aromatic heterocycles. The van der Waals surface area contributed by atoms with Gasteiger partial charge in [0.1, 0.15) is 6.07 Å². The van der Waals surface area contributed by atoms with Crippen LogP contribution in [0.2, 0.25) is 0 Å². The minimum absolute atomic E-state index is 0.137. The largest absolute Gasteiger partial charge is 0.242 e. The van der Waals surface area contributed by atoms with Crippen LogP contribution in [0.15, 0.2) is 12.3 Å². The van der Waals surface area contributed by atoms with Gasteiger partial charge in [-0.05, 0) is 18.1 Å². The highest BCUT2D eigenvalue weighted by molar-refractivity contribution is 5.25. The van der Waals surface area contributed by atoms with Gasteiger partial charge in [0.05, 0.1) is 0 Å². The molecule has 0 radical (unpaired) electrons. The van der Waals surface area contributed by atoms with Crippen LogP contribution in [0.4, 0.5) is 4.39 Å². The second kappa shape index (κ2) is 3.11. The first kappa shape index (κ1) is 7.67. The highest BCUT2D eigenvalue weighted by Crippen LogP contribution is 2.05. The van der Waals surface area contributed by atoms with Crippen LogP contribution in [-0.4, -0.2) is 4.98 Å². The van der Waals surface area contributed by atoms with E-state index in [1.54, 1.807) is 6.07 Å². The molecule has 2 nitrogen and oxygen atoms in total. The van der Waals surface area contributed by atoms with Crippen molar-refractivity contribution < 1.29 is 4.39 Å². The van der Waals surface area contributed by atoms with E-state index in [0.717, 1.165) is 12.0 Å². The smallest absolute Gasteiger partial charge is 0.176 e. The molecule has 0 bridgehead atoms. The van der Waals surface area contributed by atoms with E-state index in [1.165, 1.54) is 12.3 Å². The van der Waals surface area contributed by atoms with Crippen molar-refractivity contribution in [2.75, 3.05) is 0 Å². The Morgan fingerprint density at radius 3 is 2.91 bits per heavy atom. The SMILES string of the molecule is CCc1cnc(C#N)c(F)c1. The predicted molar refractivity (Wildman–Crippen MR) is 38.3 cm³/mol. The summed E-state index contributed by atoms with van der Waals surface area (Å²) in [4.78, 5) is 3.63. The molecule has 0 aromatic carbocycles. The molecule has 1 rings (SSSR count). The average Bonchev–Trinajstić information content (AvgIpc) is 2.04. The molecule has 0 aliphatic carbocycles. The van der Waals surface area contributed by atoms with Crippen molar-refractivity contribution in [3.8, 4) is 6.07 Å². The fraction of sp³-hybridized carbons (Fsp3) is 0.250. The average molecular weight is 150 g/mol. The number of pyridine rings is 1. The fourth-order valence-electron chi connectivity index (χ4n) is 0.753. The van der Waals surface area contributed by atoms with Crippen LogP contribution in [-0.2, 0) is 6.42 Å². The maximum atomic E-state index is 12.8. The Morgan fingerprint density at radius 1 is 1.73 bits per heavy atom. The molecular weight excluding hydrogens is 143 g/mol. The first-order valence-corrected chi connectivity index (χ1v) is 3.32. The van der Waals surface area contributed by atoms with Gasteiger partial charge < -0.3 is 0 Å². The van der Waals surface area contributed by atoms with Gasteiger partial charge >= 0.3 is 0 Å². The van der Waals surface area contributed by atoms with Crippen molar-refractivity contribution in [2.24, 2.45) is 0 Å². The van der Waals surface area contributed by atoms with Gasteiger partial charge in [-0.15, -0.1) is 0 Å². The van der Waals surface area contributed by atoms with E-state index in [-0.39, 0.29) is 5.69 Å². The van der Waals surface area contributed by atoms with Gasteiger partial charge in [0, 0.05) is 6.20 Å². The Bertz CT molecular complexity index is 301. The Labute approximate surface area is 64.3 Å². The Morgan fingerprint density at radius 2 is 2.45 bits per heavy atom. The number of hydrogen-bond acceptors (Lipinski definition) is 2. The number of nitriles is 1. The van der Waals surface area contributed by atoms with Gasteiger partial charge in [-0.2, -0.15) is 5.26 Å². The first-order valence-electron chi connectivity index (χ1n) is 3.32. The number of aromatic nitrogens is 1. The zero-order valence-electron chi connectivity index (χ0n) is 6.13. The summed E-state index contributed by atoms with van der Waals surface area (Å²) in [6, 6.07) is 3.00. The van der Waals surface area contributed by atoms with Crippen molar-refractivity contribution in [3.05, 3.63) is 29.3 Å². The van der Waals surface area contributed by atoms with Crippen LogP contribution in [0, 0.1) is 17.1 Å². The van der Waals surface area contributed by atoms with E-state index in [0.29, 0.717) is 0 Å². The maximum absolute atomic E-state index is 12.8. The third-order valence-corrected chi connectivity index (χ3v) is 1.41. The van der Waals surface area contributed by atoms with Crippen LogP contribution in [0.25, 0.3) is 0 Å². The van der Waals surface area contributed by atoms with Crippen molar-refractivity contribution in [3.63, 3.8) is 0 Å². The fourth-order valence-corrected chi connectivity index (χ4v) is 0.753. The van der Waals surface area contributed by atoms with Gasteiger partial charge in [0.15, 0.2) is 11.5 Å². The summed E-state index contributed by atoms with van der Waals surface area (Å²) in [6.45, 7) is 1.91. The predicted octanol–water partition coefficient (Wildman–Crippen LogP) is 1.65. The van der Waals surface area contributed by atoms with Crippen LogP contribution < -0.4 is 0 Å². The summed E-state index contributed by atoms with van der Waals surface area (Å²) < 4.78 is 12.8. The summed E-state index contributed by atoms with van der Waals surface area (Å²) in [5.74, 6) is -0.535. The Hall–Kier alpha value is -1.43. The topological polar surface area (TPSA) is 36.7 Å². The van der Waals surface area contributed by atoms with Gasteiger partial charge in [-0.25, -0.2) is 9.37 Å². The summed E-state index contributed by atoms with van der Waals surface area (Å²) in [5, 5.41) is 8.33. The molecule has 0 saturated heterocycles. The summed E-state index contributed by atoms with van der Waals surface area (Å²) in [6.07, 6.45) is 2.25. The zero-order valence-corrected chi connectivity index (χ0v) is 6.13. The van der Waals surface area contributed by atoms with E-state index >= 15 is 0 Å². The second-order valence-corrected chi connectivity index (χ2v) is 2.14. The van der Waals surface area contributed by atoms with Crippen LogP contribution in [0.1, 0.15) is 18.2 Å². The zero-order chi connectivity index (χ0) is 8.27. The molecule has 11 heavy (non-hydrogen) atoms. The highest BCUT2D eigenvalue weighted by atomic mass is 19.1. The summed E-state index contributed by atoms with van der Waals surface area (Å²) >= 11 is 0. The molecule has 0 aliphatic heterocycles. The van der Waals surface area contributed by atoms with Crippen molar-refractivity contribution in [1.82, 2.24) is 4.98 Å². The van der Waals surface area contributed by atoms with E-state index in [9.17, 15) is 4.39 Å². The Balaban J connectivity index is 3.12. The van der Waals surface area contributed by atoms with Crippen molar-refractivity contribution in [2.45, 2.75) is 13.3 Å². The highest BCUT2D eigenvalue weighted by Gasteiger charge is 2.01. The molecule has 56 valence electrons. The minimum atomic E-state index is -0.535. The lowest BCUT2D eigenvalue weighted by molar-refractivity contribution is 0.614. The van der Waals surface area contributed by atoms with Gasteiger partial charge in [-0.1, -0.05) is 6.92 Å². The number of hydrogen-bond donors (Lipinski definition) is 0. The number of nitrogens with zero attached hydrogens (tertiary/aromatic N) is 2. The molecule has 0 saturated carbocycles. The lowest BCUT2D eigenvalue weighted by Gasteiger charge is -1.95. The quantitative estimate of drug-likeness (QED) is 0.610. The van der Waals surface area contributed by atoms with E-state index in [2.05, 4.69) is 4.98 Å². The Kier molecular flexibility index (Phi) is 2.17. The monoisotopic (exact) mass is 150 g/mol. The maximum Gasteiger partial charge on any atom is 0.176 e. The molecule has 1 heterocycles. The van der Waals surface area contributed by atoms with Crippen LogP contribution in [0.5, 0.6) is 0 Å². The third-order valence-electron chi connectivity index (χ3n) is 1.41. The molecule has 3 heteroatoms. The van der Waals surface area contributed by atoms with E-state index in [1.807, 2.05) is 6.92 Å². The number of aryl methyl sites for hydroxylation is 1. The number of halogens is 1. The van der Waals surface area contributed by atoms with Crippen LogP contribution >= 0.6 is 0 Å². The van der Waals surface area contributed by atoms with Crippen molar-refractivity contribution >= 4 is 0 Å². The van der Waals surface area contributed by atoms with Crippen molar-refractivity contribution in [1.29, 1.82) is 5.26 Å². The van der Waals surface area contributed by atoms with Gasteiger partial charge in [-0.3, -0.25) is 0 Å². The molecule has 0 aliphatic rings. The third kappa shape index (κ3) is 1.53. The number of rotatable bonds is 1. The lowest BCUT2D eigenvalue weighted by atomic mass is 10.2. The molecule has 0 spiro atoms. The molecule has 0 atom stereocenters. The first-order chi connectivity index (χ1) is 5.27. The van der Waals surface area contributed by atoms with E-state index in [4.69, 9.17) is 5.26 Å². The van der Waals surface area contributed by atoms with Gasteiger partial charge in [0.25, 0.3) is 0 Å². The summed E-state index contributed by atoms with van der Waals surface area (Å²) in [5.41, 5.74) is 0.670. The second-order valence-electron chi connectivity index (χ2n) is 2.14. The summed E-state index contributed by atoms with van der Waals surface area (Å²) in [7, 11) is 0. The minimum Gasteiger partial charge on any atom is -0.242 e. The molecule has 0 unspecified atom stereocenters. The normalized spacial score (nSPS) is 9.18. The van der Waals surface area contributed by atoms with Crippen LogP contribution in [0.3, 0.4) is 0 Å². The molecule has 0 amide bonds.